The van der Waals surface area contributed by atoms with Crippen LogP contribution in [0.2, 0.25) is 0 Å². The van der Waals surface area contributed by atoms with E-state index in [0.717, 1.165) is 51.6 Å². The highest BCUT2D eigenvalue weighted by molar-refractivity contribution is 5.86. The van der Waals surface area contributed by atoms with Crippen molar-refractivity contribution in [2.75, 3.05) is 26.2 Å². The molecule has 1 aromatic carbocycles. The van der Waals surface area contributed by atoms with E-state index in [0.29, 0.717) is 12.5 Å². The standard InChI is InChI=1S/C21H31N3O2.ClH/c22-14-18-7-4-8-19(18)21(26)23-15-20(25)24-11-9-17(10-12-24)13-16-5-2-1-3-6-16;/h1-3,5-6,17-19H,4,7-15,22H2,(H,23,26);1H/t18-,19-;/m1./s1. The second-order valence-corrected chi connectivity index (χ2v) is 7.76. The van der Waals surface area contributed by atoms with Gasteiger partial charge in [-0.15, -0.1) is 12.4 Å². The molecule has 0 aromatic heterocycles. The summed E-state index contributed by atoms with van der Waals surface area (Å²) >= 11 is 0. The number of hydrogen-bond acceptors (Lipinski definition) is 3. The number of nitrogens with one attached hydrogen (secondary N) is 1. The minimum atomic E-state index is -0.00981. The number of benzene rings is 1. The van der Waals surface area contributed by atoms with Gasteiger partial charge in [0, 0.05) is 19.0 Å². The van der Waals surface area contributed by atoms with Gasteiger partial charge in [-0.2, -0.15) is 0 Å². The van der Waals surface area contributed by atoms with E-state index in [9.17, 15) is 9.59 Å². The fourth-order valence-electron chi connectivity index (χ4n) is 4.40. The number of amides is 2. The van der Waals surface area contributed by atoms with Crippen LogP contribution in [0.15, 0.2) is 30.3 Å². The molecule has 3 N–H and O–H groups in total. The molecule has 0 spiro atoms. The SMILES string of the molecule is Cl.NC[C@H]1CCC[C@H]1C(=O)NCC(=O)N1CCC(Cc2ccccc2)CC1. The van der Waals surface area contributed by atoms with E-state index in [1.54, 1.807) is 0 Å². The van der Waals surface area contributed by atoms with Crippen molar-refractivity contribution < 1.29 is 9.59 Å². The first-order valence-electron chi connectivity index (χ1n) is 9.97. The fraction of sp³-hybridized carbons (Fsp3) is 0.619. The van der Waals surface area contributed by atoms with Gasteiger partial charge in [-0.1, -0.05) is 36.8 Å². The molecule has 150 valence electrons. The predicted molar refractivity (Wildman–Crippen MR) is 110 cm³/mol. The third-order valence-electron chi connectivity index (χ3n) is 6.05. The Labute approximate surface area is 168 Å². The molecule has 1 aliphatic heterocycles. The maximum Gasteiger partial charge on any atom is 0.241 e. The van der Waals surface area contributed by atoms with Gasteiger partial charge in [-0.05, 0) is 56.0 Å². The summed E-state index contributed by atoms with van der Waals surface area (Å²) in [6.45, 7) is 2.26. The molecule has 1 saturated heterocycles. The van der Waals surface area contributed by atoms with Gasteiger partial charge in [0.1, 0.15) is 0 Å². The molecule has 27 heavy (non-hydrogen) atoms. The van der Waals surface area contributed by atoms with E-state index in [1.807, 2.05) is 11.0 Å². The minimum absolute atomic E-state index is 0. The zero-order chi connectivity index (χ0) is 18.4. The van der Waals surface area contributed by atoms with Crippen LogP contribution in [-0.2, 0) is 16.0 Å². The van der Waals surface area contributed by atoms with Crippen LogP contribution < -0.4 is 11.1 Å². The average molecular weight is 394 g/mol. The van der Waals surface area contributed by atoms with E-state index >= 15 is 0 Å². The van der Waals surface area contributed by atoms with Crippen molar-refractivity contribution in [3.8, 4) is 0 Å². The number of nitrogens with two attached hydrogens (primary N) is 1. The maximum atomic E-state index is 12.4. The number of piperidine rings is 1. The van der Waals surface area contributed by atoms with E-state index < -0.39 is 0 Å². The second-order valence-electron chi connectivity index (χ2n) is 7.76. The Morgan fingerprint density at radius 2 is 1.78 bits per heavy atom. The number of carbonyl (C=O) groups is 2. The largest absolute Gasteiger partial charge is 0.347 e. The van der Waals surface area contributed by atoms with E-state index in [2.05, 4.69) is 29.6 Å². The zero-order valence-electron chi connectivity index (χ0n) is 15.9. The van der Waals surface area contributed by atoms with Crippen molar-refractivity contribution in [2.45, 2.75) is 38.5 Å². The molecular formula is C21H32ClN3O2. The molecule has 2 atom stereocenters. The highest BCUT2D eigenvalue weighted by atomic mass is 35.5. The summed E-state index contributed by atoms with van der Waals surface area (Å²) in [5, 5.41) is 2.85. The summed E-state index contributed by atoms with van der Waals surface area (Å²) in [6.07, 6.45) is 6.13. The summed E-state index contributed by atoms with van der Waals surface area (Å²) in [5.74, 6) is 0.951. The van der Waals surface area contributed by atoms with Crippen molar-refractivity contribution in [3.05, 3.63) is 35.9 Å². The summed E-state index contributed by atoms with van der Waals surface area (Å²) in [5.41, 5.74) is 7.12. The Kier molecular flexibility index (Phi) is 8.58. The minimum Gasteiger partial charge on any atom is -0.347 e. The topological polar surface area (TPSA) is 75.4 Å². The monoisotopic (exact) mass is 393 g/mol. The number of nitrogens with zero attached hydrogens (tertiary/aromatic N) is 1. The molecule has 3 rings (SSSR count). The number of halogens is 1. The lowest BCUT2D eigenvalue weighted by Gasteiger charge is -2.32. The summed E-state index contributed by atoms with van der Waals surface area (Å²) < 4.78 is 0. The van der Waals surface area contributed by atoms with Crippen LogP contribution >= 0.6 is 12.4 Å². The van der Waals surface area contributed by atoms with Crippen LogP contribution in [0, 0.1) is 17.8 Å². The van der Waals surface area contributed by atoms with Crippen molar-refractivity contribution in [3.63, 3.8) is 0 Å². The van der Waals surface area contributed by atoms with Crippen LogP contribution in [-0.4, -0.2) is 42.9 Å². The predicted octanol–water partition coefficient (Wildman–Crippen LogP) is 2.38. The Balaban J connectivity index is 0.00000261. The van der Waals surface area contributed by atoms with Gasteiger partial charge in [0.2, 0.25) is 11.8 Å². The van der Waals surface area contributed by atoms with Crippen molar-refractivity contribution in [2.24, 2.45) is 23.5 Å². The first kappa shape index (κ1) is 21.7. The zero-order valence-corrected chi connectivity index (χ0v) is 16.8. The van der Waals surface area contributed by atoms with Crippen LogP contribution in [0.1, 0.15) is 37.7 Å². The second kappa shape index (κ2) is 10.7. The Morgan fingerprint density at radius 3 is 2.44 bits per heavy atom. The molecule has 2 fully saturated rings. The van der Waals surface area contributed by atoms with Crippen LogP contribution in [0.5, 0.6) is 0 Å². The number of likely N-dealkylation sites (tertiary alicyclic amines) is 1. The molecule has 0 bridgehead atoms. The van der Waals surface area contributed by atoms with E-state index in [1.165, 1.54) is 5.56 Å². The third-order valence-corrected chi connectivity index (χ3v) is 6.05. The van der Waals surface area contributed by atoms with Crippen LogP contribution in [0.25, 0.3) is 0 Å². The number of carbonyl (C=O) groups excluding carboxylic acids is 2. The average Bonchev–Trinajstić information content (AvgIpc) is 3.16. The molecule has 0 radical (unpaired) electrons. The summed E-state index contributed by atoms with van der Waals surface area (Å²) in [7, 11) is 0. The highest BCUT2D eigenvalue weighted by Crippen LogP contribution is 2.30. The van der Waals surface area contributed by atoms with Crippen molar-refractivity contribution in [1.29, 1.82) is 0 Å². The normalized spacial score (nSPS) is 22.9. The Morgan fingerprint density at radius 1 is 1.07 bits per heavy atom. The molecule has 1 aliphatic carbocycles. The molecule has 1 heterocycles. The highest BCUT2D eigenvalue weighted by Gasteiger charge is 2.32. The maximum absolute atomic E-state index is 12.4. The van der Waals surface area contributed by atoms with Gasteiger partial charge in [-0.3, -0.25) is 9.59 Å². The molecule has 2 amide bonds. The molecule has 0 unspecified atom stereocenters. The first-order chi connectivity index (χ1) is 12.7. The fourth-order valence-corrected chi connectivity index (χ4v) is 4.40. The first-order valence-corrected chi connectivity index (χ1v) is 9.97. The van der Waals surface area contributed by atoms with Crippen molar-refractivity contribution >= 4 is 24.2 Å². The molecule has 1 saturated carbocycles. The van der Waals surface area contributed by atoms with Crippen LogP contribution in [0.4, 0.5) is 0 Å². The Hall–Kier alpha value is -1.59. The lowest BCUT2D eigenvalue weighted by atomic mass is 9.90. The van der Waals surface area contributed by atoms with Gasteiger partial charge in [0.05, 0.1) is 6.54 Å². The van der Waals surface area contributed by atoms with Gasteiger partial charge >= 0.3 is 0 Å². The van der Waals surface area contributed by atoms with Gasteiger partial charge in [-0.25, -0.2) is 0 Å². The number of hydrogen-bond donors (Lipinski definition) is 2. The molecule has 2 aliphatic rings. The summed E-state index contributed by atoms with van der Waals surface area (Å²) in [4.78, 5) is 26.6. The Bertz CT molecular complexity index is 603. The molecule has 5 nitrogen and oxygen atoms in total. The molecule has 6 heteroatoms. The van der Waals surface area contributed by atoms with Gasteiger partial charge in [0.15, 0.2) is 0 Å². The van der Waals surface area contributed by atoms with E-state index in [4.69, 9.17) is 5.73 Å². The molecular weight excluding hydrogens is 362 g/mol. The summed E-state index contributed by atoms with van der Waals surface area (Å²) in [6, 6.07) is 10.5. The smallest absolute Gasteiger partial charge is 0.241 e. The van der Waals surface area contributed by atoms with E-state index in [-0.39, 0.29) is 42.6 Å². The van der Waals surface area contributed by atoms with Crippen molar-refractivity contribution in [1.82, 2.24) is 10.2 Å². The van der Waals surface area contributed by atoms with Gasteiger partial charge < -0.3 is 16.0 Å². The lowest BCUT2D eigenvalue weighted by Crippen LogP contribution is -2.45. The number of rotatable bonds is 6. The quantitative estimate of drug-likeness (QED) is 0.779. The molecule has 1 aromatic rings. The van der Waals surface area contributed by atoms with Crippen LogP contribution in [0.3, 0.4) is 0 Å². The van der Waals surface area contributed by atoms with Gasteiger partial charge in [0.25, 0.3) is 0 Å². The third kappa shape index (κ3) is 5.94. The lowest BCUT2D eigenvalue weighted by molar-refractivity contribution is -0.135.